The van der Waals surface area contributed by atoms with E-state index in [4.69, 9.17) is 4.74 Å². The zero-order valence-electron chi connectivity index (χ0n) is 12.7. The molecule has 1 saturated heterocycles. The average Bonchev–Trinajstić information content (AvgIpc) is 2.55. The van der Waals surface area contributed by atoms with Gasteiger partial charge in [0.2, 0.25) is 5.91 Å². The van der Waals surface area contributed by atoms with Crippen LogP contribution in [0.15, 0.2) is 30.3 Å². The predicted molar refractivity (Wildman–Crippen MR) is 82.5 cm³/mol. The largest absolute Gasteiger partial charge is 0.481 e. The Kier molecular flexibility index (Phi) is 6.40. The maximum absolute atomic E-state index is 12.2. The number of rotatable bonds is 7. The van der Waals surface area contributed by atoms with Gasteiger partial charge in [-0.2, -0.15) is 0 Å². The number of amides is 1. The van der Waals surface area contributed by atoms with Crippen molar-refractivity contribution in [2.45, 2.75) is 25.7 Å². The summed E-state index contributed by atoms with van der Waals surface area (Å²) in [5, 5.41) is 9.32. The standard InChI is InChI=1S/C17H23NO4/c19-16(18-9-11-22-12-10-18)13-15(17(20)21)8-4-7-14-5-2-1-3-6-14/h1-3,5-6,15H,4,7-13H2,(H,20,21)/t15-/m1/s1. The van der Waals surface area contributed by atoms with Crippen molar-refractivity contribution in [2.24, 2.45) is 5.92 Å². The number of carboxylic acids is 1. The second-order valence-electron chi connectivity index (χ2n) is 5.61. The van der Waals surface area contributed by atoms with E-state index in [2.05, 4.69) is 0 Å². The summed E-state index contributed by atoms with van der Waals surface area (Å²) >= 11 is 0. The lowest BCUT2D eigenvalue weighted by molar-refractivity contribution is -0.147. The molecule has 1 amide bonds. The fourth-order valence-corrected chi connectivity index (χ4v) is 2.66. The SMILES string of the molecule is O=C(O)[C@H](CCCc1ccccc1)CC(=O)N1CCOCC1. The summed E-state index contributed by atoms with van der Waals surface area (Å²) in [6.07, 6.45) is 2.23. The molecule has 0 unspecified atom stereocenters. The molecule has 0 radical (unpaired) electrons. The van der Waals surface area contributed by atoms with E-state index in [0.717, 1.165) is 12.8 Å². The second kappa shape index (κ2) is 8.54. The van der Waals surface area contributed by atoms with Gasteiger partial charge in [0.25, 0.3) is 0 Å². The Labute approximate surface area is 130 Å². The van der Waals surface area contributed by atoms with E-state index in [1.165, 1.54) is 5.56 Å². The lowest BCUT2D eigenvalue weighted by atomic mass is 9.96. The molecular weight excluding hydrogens is 282 g/mol. The molecule has 1 heterocycles. The van der Waals surface area contributed by atoms with Gasteiger partial charge in [-0.3, -0.25) is 9.59 Å². The topological polar surface area (TPSA) is 66.8 Å². The third-order valence-corrected chi connectivity index (χ3v) is 3.99. The van der Waals surface area contributed by atoms with E-state index < -0.39 is 11.9 Å². The van der Waals surface area contributed by atoms with Crippen LogP contribution in [0.1, 0.15) is 24.8 Å². The van der Waals surface area contributed by atoms with Gasteiger partial charge in [-0.1, -0.05) is 30.3 Å². The zero-order chi connectivity index (χ0) is 15.8. The third-order valence-electron chi connectivity index (χ3n) is 3.99. The summed E-state index contributed by atoms with van der Waals surface area (Å²) in [6.45, 7) is 2.21. The van der Waals surface area contributed by atoms with Crippen LogP contribution >= 0.6 is 0 Å². The van der Waals surface area contributed by atoms with Crippen LogP contribution in [0.5, 0.6) is 0 Å². The molecule has 2 rings (SSSR count). The molecular formula is C17H23NO4. The van der Waals surface area contributed by atoms with E-state index in [1.54, 1.807) is 4.90 Å². The molecule has 1 N–H and O–H groups in total. The minimum absolute atomic E-state index is 0.0737. The highest BCUT2D eigenvalue weighted by molar-refractivity contribution is 5.82. The molecule has 1 aromatic rings. The number of ether oxygens (including phenoxy) is 1. The first-order valence-corrected chi connectivity index (χ1v) is 7.79. The van der Waals surface area contributed by atoms with Crippen LogP contribution < -0.4 is 0 Å². The van der Waals surface area contributed by atoms with Crippen LogP contribution in [0.4, 0.5) is 0 Å². The molecule has 22 heavy (non-hydrogen) atoms. The number of aryl methyl sites for hydroxylation is 1. The van der Waals surface area contributed by atoms with Gasteiger partial charge < -0.3 is 14.7 Å². The molecule has 1 fully saturated rings. The van der Waals surface area contributed by atoms with Crippen molar-refractivity contribution in [2.75, 3.05) is 26.3 Å². The number of nitrogens with zero attached hydrogens (tertiary/aromatic N) is 1. The van der Waals surface area contributed by atoms with Crippen molar-refractivity contribution in [3.05, 3.63) is 35.9 Å². The van der Waals surface area contributed by atoms with Crippen LogP contribution in [0, 0.1) is 5.92 Å². The quantitative estimate of drug-likeness (QED) is 0.836. The van der Waals surface area contributed by atoms with Gasteiger partial charge in [0.05, 0.1) is 19.1 Å². The second-order valence-corrected chi connectivity index (χ2v) is 5.61. The number of carboxylic acid groups (broad SMARTS) is 1. The molecule has 0 aliphatic carbocycles. The summed E-state index contributed by atoms with van der Waals surface area (Å²) in [5.41, 5.74) is 1.20. The van der Waals surface area contributed by atoms with Crippen LogP contribution in [0.25, 0.3) is 0 Å². The van der Waals surface area contributed by atoms with Crippen molar-refractivity contribution in [3.63, 3.8) is 0 Å². The van der Waals surface area contributed by atoms with E-state index >= 15 is 0 Å². The molecule has 0 saturated carbocycles. The van der Waals surface area contributed by atoms with Gasteiger partial charge in [-0.25, -0.2) is 0 Å². The Balaban J connectivity index is 1.79. The number of hydrogen-bond donors (Lipinski definition) is 1. The van der Waals surface area contributed by atoms with Crippen LogP contribution in [0.3, 0.4) is 0 Å². The first-order chi connectivity index (χ1) is 10.7. The lowest BCUT2D eigenvalue weighted by Gasteiger charge is -2.27. The van der Waals surface area contributed by atoms with E-state index in [-0.39, 0.29) is 12.3 Å². The summed E-state index contributed by atoms with van der Waals surface area (Å²) in [4.78, 5) is 25.2. The highest BCUT2D eigenvalue weighted by Crippen LogP contribution is 2.16. The third kappa shape index (κ3) is 5.15. The summed E-state index contributed by atoms with van der Waals surface area (Å²) < 4.78 is 5.21. The number of carbonyl (C=O) groups excluding carboxylic acids is 1. The number of benzene rings is 1. The zero-order valence-corrected chi connectivity index (χ0v) is 12.7. The highest BCUT2D eigenvalue weighted by Gasteiger charge is 2.25. The molecule has 0 spiro atoms. The summed E-state index contributed by atoms with van der Waals surface area (Å²) in [5.74, 6) is -1.55. The highest BCUT2D eigenvalue weighted by atomic mass is 16.5. The Morgan fingerprint density at radius 2 is 1.86 bits per heavy atom. The first-order valence-electron chi connectivity index (χ1n) is 7.79. The van der Waals surface area contributed by atoms with Crippen LogP contribution in [-0.2, 0) is 20.7 Å². The Morgan fingerprint density at radius 1 is 1.18 bits per heavy atom. The Hall–Kier alpha value is -1.88. The maximum Gasteiger partial charge on any atom is 0.307 e. The van der Waals surface area contributed by atoms with E-state index in [9.17, 15) is 14.7 Å². The van der Waals surface area contributed by atoms with Gasteiger partial charge in [-0.05, 0) is 24.8 Å². The molecule has 1 aliphatic heterocycles. The minimum atomic E-state index is -0.880. The fourth-order valence-electron chi connectivity index (χ4n) is 2.66. The summed E-state index contributed by atoms with van der Waals surface area (Å²) in [7, 11) is 0. The molecule has 5 heteroatoms. The molecule has 0 aromatic heterocycles. The number of aliphatic carboxylic acids is 1. The van der Waals surface area contributed by atoms with Crippen molar-refractivity contribution < 1.29 is 19.4 Å². The normalized spacial score (nSPS) is 16.3. The molecule has 0 bridgehead atoms. The summed E-state index contributed by atoms with van der Waals surface area (Å²) in [6, 6.07) is 9.99. The average molecular weight is 305 g/mol. The first kappa shape index (κ1) is 16.5. The lowest BCUT2D eigenvalue weighted by Crippen LogP contribution is -2.41. The fraction of sp³-hybridized carbons (Fsp3) is 0.529. The minimum Gasteiger partial charge on any atom is -0.481 e. The van der Waals surface area contributed by atoms with E-state index in [1.807, 2.05) is 30.3 Å². The van der Waals surface area contributed by atoms with Gasteiger partial charge in [0.1, 0.15) is 0 Å². The van der Waals surface area contributed by atoms with E-state index in [0.29, 0.717) is 32.7 Å². The van der Waals surface area contributed by atoms with Crippen molar-refractivity contribution >= 4 is 11.9 Å². The van der Waals surface area contributed by atoms with Crippen LogP contribution in [-0.4, -0.2) is 48.2 Å². The molecule has 5 nitrogen and oxygen atoms in total. The molecule has 1 atom stereocenters. The monoisotopic (exact) mass is 305 g/mol. The van der Waals surface area contributed by atoms with Crippen molar-refractivity contribution in [3.8, 4) is 0 Å². The molecule has 120 valence electrons. The predicted octanol–water partition coefficient (Wildman–Crippen LogP) is 1.96. The van der Waals surface area contributed by atoms with Crippen LogP contribution in [0.2, 0.25) is 0 Å². The smallest absolute Gasteiger partial charge is 0.307 e. The number of hydrogen-bond acceptors (Lipinski definition) is 3. The van der Waals surface area contributed by atoms with Crippen molar-refractivity contribution in [1.29, 1.82) is 0 Å². The van der Waals surface area contributed by atoms with Gasteiger partial charge in [0.15, 0.2) is 0 Å². The molecule has 1 aliphatic rings. The number of morpholine rings is 1. The maximum atomic E-state index is 12.2. The van der Waals surface area contributed by atoms with Crippen molar-refractivity contribution in [1.82, 2.24) is 4.90 Å². The van der Waals surface area contributed by atoms with Gasteiger partial charge in [-0.15, -0.1) is 0 Å². The van der Waals surface area contributed by atoms with Gasteiger partial charge in [0, 0.05) is 19.5 Å². The van der Waals surface area contributed by atoms with Gasteiger partial charge >= 0.3 is 5.97 Å². The number of carbonyl (C=O) groups is 2. The molecule has 1 aromatic carbocycles. The Morgan fingerprint density at radius 3 is 2.50 bits per heavy atom. The Bertz CT molecular complexity index is 483.